The maximum Gasteiger partial charge on any atom is 0.416 e. The van der Waals surface area contributed by atoms with Gasteiger partial charge in [0.25, 0.3) is 5.56 Å². The molecule has 4 nitrogen and oxygen atoms in total. The van der Waals surface area contributed by atoms with Crippen LogP contribution in [0.15, 0.2) is 47.4 Å². The fourth-order valence-electron chi connectivity index (χ4n) is 1.94. The fourth-order valence-corrected chi connectivity index (χ4v) is 1.94. The van der Waals surface area contributed by atoms with Gasteiger partial charge in [0.2, 0.25) is 0 Å². The van der Waals surface area contributed by atoms with Gasteiger partial charge >= 0.3 is 6.18 Å². The Bertz CT molecular complexity index is 775. The molecule has 0 fully saturated rings. The minimum atomic E-state index is -4.50. The minimum Gasteiger partial charge on any atom is -0.387 e. The van der Waals surface area contributed by atoms with Crippen LogP contribution in [-0.4, -0.2) is 9.67 Å². The van der Waals surface area contributed by atoms with E-state index in [2.05, 4.69) is 0 Å². The molecule has 1 aromatic heterocycles. The zero-order chi connectivity index (χ0) is 16.3. The lowest BCUT2D eigenvalue weighted by atomic mass is 10.1. The first-order chi connectivity index (χ1) is 10.3. The van der Waals surface area contributed by atoms with E-state index in [1.165, 1.54) is 24.4 Å². The Kier molecular flexibility index (Phi) is 4.33. The topological polar surface area (TPSA) is 66.0 Å². The molecule has 0 aliphatic heterocycles. The van der Waals surface area contributed by atoms with E-state index in [-0.39, 0.29) is 17.7 Å². The summed E-state index contributed by atoms with van der Waals surface area (Å²) in [5, 5.41) is 18.7. The Balaban J connectivity index is 2.25. The molecule has 22 heavy (non-hydrogen) atoms. The lowest BCUT2D eigenvalue weighted by Crippen LogP contribution is -2.22. The number of aromatic nitrogens is 1. The highest BCUT2D eigenvalue weighted by Crippen LogP contribution is 2.30. The van der Waals surface area contributed by atoms with Crippen LogP contribution in [0.25, 0.3) is 0 Å². The first-order valence-electron chi connectivity index (χ1n) is 6.27. The van der Waals surface area contributed by atoms with Crippen molar-refractivity contribution in [3.8, 4) is 6.07 Å². The minimum absolute atomic E-state index is 0.0612. The standard InChI is InChI=1S/C15H11F3N2O2/c16-15(17,18)12-3-1-2-11(7-12)13(21)9-20-5-4-10(8-19)6-14(20)22/h1-7,13,21H,9H2. The predicted molar refractivity (Wildman–Crippen MR) is 71.8 cm³/mol. The van der Waals surface area contributed by atoms with Crippen molar-refractivity contribution in [2.45, 2.75) is 18.8 Å². The number of halogens is 3. The molecule has 114 valence electrons. The van der Waals surface area contributed by atoms with Crippen LogP contribution in [0.5, 0.6) is 0 Å². The van der Waals surface area contributed by atoms with Gasteiger partial charge in [0.05, 0.1) is 29.8 Å². The molecule has 1 heterocycles. The molecule has 1 N–H and O–H groups in total. The van der Waals surface area contributed by atoms with Crippen LogP contribution in [0.4, 0.5) is 13.2 Å². The van der Waals surface area contributed by atoms with Crippen molar-refractivity contribution >= 4 is 0 Å². The van der Waals surface area contributed by atoms with E-state index in [1.807, 2.05) is 0 Å². The van der Waals surface area contributed by atoms with Crippen LogP contribution in [0.3, 0.4) is 0 Å². The van der Waals surface area contributed by atoms with E-state index in [0.29, 0.717) is 0 Å². The smallest absolute Gasteiger partial charge is 0.387 e. The van der Waals surface area contributed by atoms with Gasteiger partial charge in [-0.15, -0.1) is 0 Å². The first kappa shape index (κ1) is 15.8. The number of alkyl halides is 3. The molecule has 2 aromatic rings. The molecule has 0 bridgehead atoms. The third kappa shape index (κ3) is 3.54. The number of rotatable bonds is 3. The van der Waals surface area contributed by atoms with Crippen LogP contribution in [0.1, 0.15) is 22.8 Å². The van der Waals surface area contributed by atoms with E-state index < -0.39 is 23.4 Å². The van der Waals surface area contributed by atoms with E-state index in [0.717, 1.165) is 22.8 Å². The molecule has 0 aliphatic carbocycles. The van der Waals surface area contributed by atoms with Gasteiger partial charge in [0.15, 0.2) is 0 Å². The van der Waals surface area contributed by atoms with Crippen molar-refractivity contribution in [2.75, 3.05) is 0 Å². The van der Waals surface area contributed by atoms with Gasteiger partial charge < -0.3 is 9.67 Å². The molecular weight excluding hydrogens is 297 g/mol. The van der Waals surface area contributed by atoms with Gasteiger partial charge in [-0.3, -0.25) is 4.79 Å². The highest BCUT2D eigenvalue weighted by molar-refractivity contribution is 5.28. The lowest BCUT2D eigenvalue weighted by molar-refractivity contribution is -0.137. The zero-order valence-corrected chi connectivity index (χ0v) is 11.2. The van der Waals surface area contributed by atoms with Gasteiger partial charge in [-0.05, 0) is 23.8 Å². The molecule has 0 spiro atoms. The van der Waals surface area contributed by atoms with E-state index in [4.69, 9.17) is 5.26 Å². The average molecular weight is 308 g/mol. The molecule has 0 saturated carbocycles. The van der Waals surface area contributed by atoms with Crippen molar-refractivity contribution in [1.82, 2.24) is 4.57 Å². The summed E-state index contributed by atoms with van der Waals surface area (Å²) in [6.07, 6.45) is -4.45. The van der Waals surface area contributed by atoms with Crippen molar-refractivity contribution in [2.24, 2.45) is 0 Å². The summed E-state index contributed by atoms with van der Waals surface area (Å²) >= 11 is 0. The first-order valence-corrected chi connectivity index (χ1v) is 6.27. The Morgan fingerprint density at radius 1 is 1.27 bits per heavy atom. The van der Waals surface area contributed by atoms with Gasteiger partial charge in [0, 0.05) is 12.3 Å². The summed E-state index contributed by atoms with van der Waals surface area (Å²) in [5.41, 5.74) is -1.14. The van der Waals surface area contributed by atoms with Gasteiger partial charge in [0.1, 0.15) is 0 Å². The number of nitriles is 1. The van der Waals surface area contributed by atoms with Crippen molar-refractivity contribution in [1.29, 1.82) is 5.26 Å². The Labute approximate surface area is 123 Å². The van der Waals surface area contributed by atoms with E-state index >= 15 is 0 Å². The van der Waals surface area contributed by atoms with Gasteiger partial charge in [-0.2, -0.15) is 18.4 Å². The van der Waals surface area contributed by atoms with Crippen LogP contribution in [-0.2, 0) is 12.7 Å². The van der Waals surface area contributed by atoms with Crippen molar-refractivity contribution < 1.29 is 18.3 Å². The quantitative estimate of drug-likeness (QED) is 0.947. The van der Waals surface area contributed by atoms with Crippen molar-refractivity contribution in [3.63, 3.8) is 0 Å². The number of hydrogen-bond acceptors (Lipinski definition) is 3. The van der Waals surface area contributed by atoms with Crippen LogP contribution >= 0.6 is 0 Å². The Morgan fingerprint density at radius 2 is 2.00 bits per heavy atom. The molecule has 7 heteroatoms. The third-order valence-electron chi connectivity index (χ3n) is 3.09. The van der Waals surface area contributed by atoms with Crippen LogP contribution < -0.4 is 5.56 Å². The number of benzene rings is 1. The summed E-state index contributed by atoms with van der Waals surface area (Å²) in [6.45, 7) is -0.203. The number of hydrogen-bond donors (Lipinski definition) is 1. The Hall–Kier alpha value is -2.59. The average Bonchev–Trinajstić information content (AvgIpc) is 2.48. The highest BCUT2D eigenvalue weighted by Gasteiger charge is 2.30. The number of nitrogens with zero attached hydrogens (tertiary/aromatic N) is 2. The fraction of sp³-hybridized carbons (Fsp3) is 0.200. The molecule has 0 aliphatic rings. The normalized spacial score (nSPS) is 12.7. The summed E-state index contributed by atoms with van der Waals surface area (Å²) in [5.74, 6) is 0. The monoisotopic (exact) mass is 308 g/mol. The van der Waals surface area contributed by atoms with Gasteiger partial charge in [-0.25, -0.2) is 0 Å². The summed E-state index contributed by atoms with van der Waals surface area (Å²) < 4.78 is 39.0. The second kappa shape index (κ2) is 6.03. The molecule has 2 rings (SSSR count). The summed E-state index contributed by atoms with van der Waals surface area (Å²) in [4.78, 5) is 11.7. The second-order valence-corrected chi connectivity index (χ2v) is 4.66. The van der Waals surface area contributed by atoms with E-state index in [9.17, 15) is 23.1 Å². The highest BCUT2D eigenvalue weighted by atomic mass is 19.4. The molecule has 1 atom stereocenters. The zero-order valence-electron chi connectivity index (χ0n) is 11.2. The van der Waals surface area contributed by atoms with Crippen LogP contribution in [0, 0.1) is 11.3 Å². The van der Waals surface area contributed by atoms with Crippen molar-refractivity contribution in [3.05, 3.63) is 69.6 Å². The molecule has 1 aromatic carbocycles. The predicted octanol–water partition coefficient (Wildman–Crippen LogP) is 2.47. The maximum absolute atomic E-state index is 12.6. The Morgan fingerprint density at radius 3 is 2.59 bits per heavy atom. The molecule has 1 unspecified atom stereocenters. The van der Waals surface area contributed by atoms with E-state index in [1.54, 1.807) is 6.07 Å². The third-order valence-corrected chi connectivity index (χ3v) is 3.09. The number of aliphatic hydroxyl groups excluding tert-OH is 1. The lowest BCUT2D eigenvalue weighted by Gasteiger charge is -2.15. The second-order valence-electron chi connectivity index (χ2n) is 4.66. The molecule has 0 saturated heterocycles. The van der Waals surface area contributed by atoms with Crippen LogP contribution in [0.2, 0.25) is 0 Å². The SMILES string of the molecule is N#Cc1ccn(CC(O)c2cccc(C(F)(F)F)c2)c(=O)c1. The molecule has 0 amide bonds. The summed E-state index contributed by atoms with van der Waals surface area (Å²) in [7, 11) is 0. The number of aliphatic hydroxyl groups is 1. The maximum atomic E-state index is 12.6. The molecule has 0 radical (unpaired) electrons. The number of pyridine rings is 1. The largest absolute Gasteiger partial charge is 0.416 e. The molecular formula is C15H11F3N2O2. The van der Waals surface area contributed by atoms with Gasteiger partial charge in [-0.1, -0.05) is 12.1 Å². The summed E-state index contributed by atoms with van der Waals surface area (Å²) in [6, 6.07) is 8.60.